The van der Waals surface area contributed by atoms with Gasteiger partial charge in [-0.15, -0.1) is 0 Å². The molecule has 8 nitrogen and oxygen atoms in total. The molecule has 0 spiro atoms. The highest BCUT2D eigenvalue weighted by molar-refractivity contribution is 6.53. The number of anilines is 2. The van der Waals surface area contributed by atoms with Crippen LogP contribution in [0.15, 0.2) is 18.2 Å². The predicted octanol–water partition coefficient (Wildman–Crippen LogP) is 2.48. The van der Waals surface area contributed by atoms with Crippen LogP contribution in [0.2, 0.25) is 0 Å². The van der Waals surface area contributed by atoms with E-state index in [9.17, 15) is 18.8 Å². The molecule has 1 atom stereocenters. The molecule has 3 rings (SSSR count). The first-order valence-electron chi connectivity index (χ1n) is 9.61. The number of nitrogens with zero attached hydrogens (tertiary/aromatic N) is 3. The minimum atomic E-state index is -1.17. The fourth-order valence-electron chi connectivity index (χ4n) is 3.45. The van der Waals surface area contributed by atoms with E-state index in [0.717, 1.165) is 0 Å². The Kier molecular flexibility index (Phi) is 7.38. The number of hydrogen-bond acceptors (Lipinski definition) is 6. The Labute approximate surface area is 183 Å². The molecule has 2 saturated heterocycles. The molecular formula is C19H23Cl2FN4O4. The van der Waals surface area contributed by atoms with Gasteiger partial charge in [0.2, 0.25) is 0 Å². The number of hydrogen-bond donors (Lipinski definition) is 1. The van der Waals surface area contributed by atoms with Gasteiger partial charge in [0.15, 0.2) is 4.84 Å². The second kappa shape index (κ2) is 9.80. The van der Waals surface area contributed by atoms with E-state index in [2.05, 4.69) is 5.43 Å². The van der Waals surface area contributed by atoms with Crippen LogP contribution >= 0.6 is 23.2 Å². The van der Waals surface area contributed by atoms with Crippen molar-refractivity contribution in [2.24, 2.45) is 0 Å². The summed E-state index contributed by atoms with van der Waals surface area (Å²) < 4.78 is 20.1. The number of carbonyl (C=O) groups is 3. The fourth-order valence-corrected chi connectivity index (χ4v) is 3.68. The molecule has 2 fully saturated rings. The molecule has 1 N–H and O–H groups in total. The summed E-state index contributed by atoms with van der Waals surface area (Å²) in [5.74, 6) is -0.914. The third kappa shape index (κ3) is 5.33. The number of amides is 2. The average molecular weight is 461 g/mol. The second-order valence-electron chi connectivity index (χ2n) is 7.18. The minimum Gasteiger partial charge on any atom is -0.444 e. The van der Waals surface area contributed by atoms with Crippen molar-refractivity contribution >= 4 is 52.4 Å². The van der Waals surface area contributed by atoms with E-state index in [1.807, 2.05) is 0 Å². The first-order valence-corrected chi connectivity index (χ1v) is 10.5. The molecule has 0 bridgehead atoms. The summed E-state index contributed by atoms with van der Waals surface area (Å²) in [5.41, 5.74) is 3.68. The average Bonchev–Trinajstić information content (AvgIpc) is 2.91. The van der Waals surface area contributed by atoms with Crippen LogP contribution < -0.4 is 15.2 Å². The molecule has 0 unspecified atom stereocenters. The maximum Gasteiger partial charge on any atom is 0.414 e. The number of halogens is 3. The van der Waals surface area contributed by atoms with Gasteiger partial charge in [0.1, 0.15) is 17.7 Å². The Hall–Kier alpha value is -2.10. The summed E-state index contributed by atoms with van der Waals surface area (Å²) in [6, 6.07) is 4.55. The summed E-state index contributed by atoms with van der Waals surface area (Å²) >= 11 is 11.3. The maximum atomic E-state index is 14.9. The predicted molar refractivity (Wildman–Crippen MR) is 111 cm³/mol. The van der Waals surface area contributed by atoms with Crippen molar-refractivity contribution in [3.63, 3.8) is 0 Å². The normalized spacial score (nSPS) is 19.8. The van der Waals surface area contributed by atoms with Crippen molar-refractivity contribution in [3.8, 4) is 0 Å². The first-order chi connectivity index (χ1) is 14.3. The Morgan fingerprint density at radius 2 is 2.07 bits per heavy atom. The zero-order valence-electron chi connectivity index (χ0n) is 16.4. The summed E-state index contributed by atoms with van der Waals surface area (Å²) in [5, 5.41) is 1.33. The molecule has 11 heteroatoms. The number of ketones is 1. The van der Waals surface area contributed by atoms with E-state index in [0.29, 0.717) is 43.9 Å². The largest absolute Gasteiger partial charge is 0.444 e. The van der Waals surface area contributed by atoms with Gasteiger partial charge in [0.05, 0.1) is 24.5 Å². The number of ether oxygens (including phenoxy) is 1. The van der Waals surface area contributed by atoms with Gasteiger partial charge in [0.25, 0.3) is 5.91 Å². The number of nitrogens with one attached hydrogen (secondary N) is 1. The van der Waals surface area contributed by atoms with Gasteiger partial charge in [0, 0.05) is 26.1 Å². The van der Waals surface area contributed by atoms with E-state index in [1.165, 1.54) is 22.9 Å². The topological polar surface area (TPSA) is 82.2 Å². The highest BCUT2D eigenvalue weighted by Crippen LogP contribution is 2.29. The van der Waals surface area contributed by atoms with Crippen LogP contribution in [0.3, 0.4) is 0 Å². The maximum absolute atomic E-state index is 14.9. The zero-order chi connectivity index (χ0) is 21.8. The Bertz CT molecular complexity index is 826. The minimum absolute atomic E-state index is 0.0275. The van der Waals surface area contributed by atoms with Crippen LogP contribution in [-0.4, -0.2) is 66.5 Å². The van der Waals surface area contributed by atoms with Crippen LogP contribution in [0.25, 0.3) is 0 Å². The lowest BCUT2D eigenvalue weighted by Gasteiger charge is -2.24. The van der Waals surface area contributed by atoms with Crippen LogP contribution in [0.5, 0.6) is 0 Å². The van der Waals surface area contributed by atoms with Crippen LogP contribution in [0.1, 0.15) is 19.8 Å². The van der Waals surface area contributed by atoms with Gasteiger partial charge in [-0.1, -0.05) is 23.2 Å². The van der Waals surface area contributed by atoms with E-state index in [4.69, 9.17) is 27.9 Å². The van der Waals surface area contributed by atoms with Gasteiger partial charge in [-0.25, -0.2) is 14.6 Å². The molecule has 0 saturated carbocycles. The molecule has 0 aromatic heterocycles. The SMILES string of the molecule is CC(=O)CC[C@H]1CN(c2ccc(N3CCNN(C(=O)C(Cl)Cl)CC3)c(F)c2)C(=O)O1. The lowest BCUT2D eigenvalue weighted by molar-refractivity contribution is -0.132. The van der Waals surface area contributed by atoms with Gasteiger partial charge >= 0.3 is 6.09 Å². The van der Waals surface area contributed by atoms with Gasteiger partial charge < -0.3 is 14.4 Å². The molecule has 30 heavy (non-hydrogen) atoms. The number of rotatable bonds is 6. The molecule has 1 aromatic carbocycles. The number of benzene rings is 1. The summed E-state index contributed by atoms with van der Waals surface area (Å²) in [4.78, 5) is 37.2. The smallest absolute Gasteiger partial charge is 0.414 e. The lowest BCUT2D eigenvalue weighted by atomic mass is 10.1. The highest BCUT2D eigenvalue weighted by Gasteiger charge is 2.33. The van der Waals surface area contributed by atoms with E-state index in [1.54, 1.807) is 17.0 Å². The second-order valence-corrected chi connectivity index (χ2v) is 8.27. The fraction of sp³-hybridized carbons (Fsp3) is 0.526. The van der Waals surface area contributed by atoms with Crippen molar-refractivity contribution in [3.05, 3.63) is 24.0 Å². The Morgan fingerprint density at radius 3 is 2.73 bits per heavy atom. The van der Waals surface area contributed by atoms with Crippen LogP contribution in [0.4, 0.5) is 20.6 Å². The monoisotopic (exact) mass is 460 g/mol. The molecule has 2 amide bonds. The first kappa shape index (κ1) is 22.6. The zero-order valence-corrected chi connectivity index (χ0v) is 18.0. The molecule has 2 heterocycles. The van der Waals surface area contributed by atoms with Crippen molar-refractivity contribution in [2.45, 2.75) is 30.7 Å². The standard InChI is InChI=1S/C19H23Cl2FN4O4/c1-12(27)2-4-14-11-25(19(29)30-14)13-3-5-16(15(22)10-13)24-7-6-23-26(9-8-24)18(28)17(20)21/h3,5,10,14,17,23H,2,4,6-9,11H2,1H3/t14-/m0/s1. The highest BCUT2D eigenvalue weighted by atomic mass is 35.5. The molecule has 164 valence electrons. The van der Waals surface area contributed by atoms with E-state index in [-0.39, 0.29) is 18.9 Å². The summed E-state index contributed by atoms with van der Waals surface area (Å²) in [6.45, 7) is 3.30. The van der Waals surface area contributed by atoms with E-state index < -0.39 is 28.8 Å². The van der Waals surface area contributed by atoms with E-state index >= 15 is 0 Å². The van der Waals surface area contributed by atoms with Crippen LogP contribution in [-0.2, 0) is 14.3 Å². The number of hydrazine groups is 1. The number of Topliss-reactive ketones (excluding diaryl/α,β-unsaturated/α-hetero) is 1. The van der Waals surface area contributed by atoms with Crippen molar-refractivity contribution in [2.75, 3.05) is 42.5 Å². The molecule has 2 aliphatic rings. The molecular weight excluding hydrogens is 438 g/mol. The quantitative estimate of drug-likeness (QED) is 0.656. The number of cyclic esters (lactones) is 1. The molecule has 2 aliphatic heterocycles. The van der Waals surface area contributed by atoms with Crippen LogP contribution in [0, 0.1) is 5.82 Å². The Morgan fingerprint density at radius 1 is 1.30 bits per heavy atom. The van der Waals surface area contributed by atoms with Gasteiger partial charge in [-0.3, -0.25) is 14.7 Å². The molecule has 0 radical (unpaired) electrons. The third-order valence-electron chi connectivity index (χ3n) is 5.01. The number of alkyl halides is 2. The Balaban J connectivity index is 1.66. The lowest BCUT2D eigenvalue weighted by Crippen LogP contribution is -2.46. The van der Waals surface area contributed by atoms with Crippen molar-refractivity contribution in [1.82, 2.24) is 10.4 Å². The third-order valence-corrected chi connectivity index (χ3v) is 5.38. The van der Waals surface area contributed by atoms with Crippen molar-refractivity contribution < 1.29 is 23.5 Å². The van der Waals surface area contributed by atoms with Crippen molar-refractivity contribution in [1.29, 1.82) is 0 Å². The molecule has 0 aliphatic carbocycles. The van der Waals surface area contributed by atoms with Gasteiger partial charge in [-0.05, 0) is 31.5 Å². The summed E-state index contributed by atoms with van der Waals surface area (Å²) in [6.07, 6.45) is -0.174. The van der Waals surface area contributed by atoms with Gasteiger partial charge in [-0.2, -0.15) is 0 Å². The number of carbonyl (C=O) groups excluding carboxylic acids is 3. The molecule has 1 aromatic rings. The summed E-state index contributed by atoms with van der Waals surface area (Å²) in [7, 11) is 0.